The van der Waals surface area contributed by atoms with E-state index in [1.54, 1.807) is 0 Å². The van der Waals surface area contributed by atoms with Crippen molar-refractivity contribution in [3.8, 4) is 0 Å². The second-order valence-corrected chi connectivity index (χ2v) is 3.79. The summed E-state index contributed by atoms with van der Waals surface area (Å²) in [5.74, 6) is 0. The molecule has 0 saturated heterocycles. The van der Waals surface area contributed by atoms with Crippen LogP contribution >= 0.6 is 31.9 Å². The van der Waals surface area contributed by atoms with Crippen molar-refractivity contribution < 1.29 is 0 Å². The first-order valence-electron chi connectivity index (χ1n) is 3.32. The molecule has 0 spiro atoms. The molecule has 0 aromatic heterocycles. The monoisotopic (exact) mass is 274 g/mol. The van der Waals surface area contributed by atoms with E-state index in [2.05, 4.69) is 44.0 Å². The Morgan fingerprint density at radius 3 is 2.64 bits per heavy atom. The van der Waals surface area contributed by atoms with Crippen LogP contribution in [0.25, 0.3) is 6.08 Å². The molecule has 1 rings (SSSR count). The van der Waals surface area contributed by atoms with E-state index in [0.29, 0.717) is 0 Å². The highest BCUT2D eigenvalue weighted by molar-refractivity contribution is 9.13. The Morgan fingerprint density at radius 2 is 2.00 bits per heavy atom. The predicted molar refractivity (Wildman–Crippen MR) is 56.6 cm³/mol. The number of hydrogen-bond acceptors (Lipinski definition) is 0. The molecule has 0 aliphatic carbocycles. The average molecular weight is 276 g/mol. The third-order valence-electron chi connectivity index (χ3n) is 1.33. The van der Waals surface area contributed by atoms with Crippen molar-refractivity contribution in [1.29, 1.82) is 0 Å². The van der Waals surface area contributed by atoms with Gasteiger partial charge in [0.1, 0.15) is 0 Å². The summed E-state index contributed by atoms with van der Waals surface area (Å²) >= 11 is 6.92. The molecule has 0 aliphatic rings. The summed E-state index contributed by atoms with van der Waals surface area (Å²) in [7, 11) is 0. The summed E-state index contributed by atoms with van der Waals surface area (Å²) in [5, 5.41) is 0. The van der Waals surface area contributed by atoms with Crippen LogP contribution in [0.1, 0.15) is 12.5 Å². The third kappa shape index (κ3) is 2.17. The quantitative estimate of drug-likeness (QED) is 0.719. The van der Waals surface area contributed by atoms with E-state index >= 15 is 0 Å². The first-order chi connectivity index (χ1) is 5.25. The standard InChI is InChI=1S/C9H8Br2/c1-2-4-7-5-3-6-8(10)9(7)11/h2-6H,1H3/b4-2+. The van der Waals surface area contributed by atoms with Gasteiger partial charge < -0.3 is 0 Å². The van der Waals surface area contributed by atoms with Crippen LogP contribution in [0.3, 0.4) is 0 Å². The SMILES string of the molecule is C/C=C/c1cccc(Br)c1Br. The van der Waals surface area contributed by atoms with Crippen LogP contribution < -0.4 is 0 Å². The molecule has 2 heteroatoms. The summed E-state index contributed by atoms with van der Waals surface area (Å²) in [6.45, 7) is 2.01. The van der Waals surface area contributed by atoms with Gasteiger partial charge in [-0.2, -0.15) is 0 Å². The summed E-state index contributed by atoms with van der Waals surface area (Å²) in [4.78, 5) is 0. The highest BCUT2D eigenvalue weighted by Gasteiger charge is 1.98. The molecule has 0 amide bonds. The molecule has 0 unspecified atom stereocenters. The Morgan fingerprint density at radius 1 is 1.27 bits per heavy atom. The maximum absolute atomic E-state index is 3.48. The lowest BCUT2D eigenvalue weighted by atomic mass is 10.2. The fraction of sp³-hybridized carbons (Fsp3) is 0.111. The van der Waals surface area contributed by atoms with E-state index in [1.165, 1.54) is 5.56 Å². The van der Waals surface area contributed by atoms with Gasteiger partial charge in [0.05, 0.1) is 0 Å². The second kappa shape index (κ2) is 4.07. The first kappa shape index (κ1) is 9.01. The summed E-state index contributed by atoms with van der Waals surface area (Å²) in [6.07, 6.45) is 4.08. The largest absolute Gasteiger partial charge is 0.0870 e. The molecule has 0 heterocycles. The van der Waals surface area contributed by atoms with Gasteiger partial charge in [0.2, 0.25) is 0 Å². The summed E-state index contributed by atoms with van der Waals surface area (Å²) < 4.78 is 2.20. The number of benzene rings is 1. The van der Waals surface area contributed by atoms with Gasteiger partial charge in [0.25, 0.3) is 0 Å². The molecule has 0 aliphatic heterocycles. The second-order valence-electron chi connectivity index (χ2n) is 2.14. The van der Waals surface area contributed by atoms with Crippen molar-refractivity contribution in [3.63, 3.8) is 0 Å². The van der Waals surface area contributed by atoms with Crippen LogP contribution in [0.2, 0.25) is 0 Å². The minimum atomic E-state index is 1.09. The third-order valence-corrected chi connectivity index (χ3v) is 3.41. The smallest absolute Gasteiger partial charge is 0.0389 e. The predicted octanol–water partition coefficient (Wildman–Crippen LogP) is 4.24. The van der Waals surface area contributed by atoms with Gasteiger partial charge in [-0.15, -0.1) is 0 Å². The van der Waals surface area contributed by atoms with Crippen LogP contribution in [0.4, 0.5) is 0 Å². The molecule has 0 N–H and O–H groups in total. The molecule has 0 nitrogen and oxygen atoms in total. The summed E-state index contributed by atoms with van der Waals surface area (Å²) in [5.41, 5.74) is 1.20. The molecule has 0 saturated carbocycles. The number of hydrogen-bond donors (Lipinski definition) is 0. The molecule has 1 aromatic carbocycles. The fourth-order valence-electron chi connectivity index (χ4n) is 0.829. The highest BCUT2D eigenvalue weighted by Crippen LogP contribution is 2.27. The van der Waals surface area contributed by atoms with Gasteiger partial charge >= 0.3 is 0 Å². The van der Waals surface area contributed by atoms with Crippen molar-refractivity contribution >= 4 is 37.9 Å². The van der Waals surface area contributed by atoms with Crippen LogP contribution in [0.15, 0.2) is 33.2 Å². The lowest BCUT2D eigenvalue weighted by Crippen LogP contribution is -1.75. The minimum Gasteiger partial charge on any atom is -0.0870 e. The first-order valence-corrected chi connectivity index (χ1v) is 4.91. The van der Waals surface area contributed by atoms with Gasteiger partial charge in [-0.1, -0.05) is 24.3 Å². The van der Waals surface area contributed by atoms with Crippen molar-refractivity contribution in [2.45, 2.75) is 6.92 Å². The van der Waals surface area contributed by atoms with Crippen molar-refractivity contribution in [2.75, 3.05) is 0 Å². The van der Waals surface area contributed by atoms with Gasteiger partial charge in [-0.05, 0) is 50.4 Å². The Kier molecular flexibility index (Phi) is 3.34. The number of rotatable bonds is 1. The molecule has 58 valence electrons. The average Bonchev–Trinajstić information content (AvgIpc) is 1.99. The van der Waals surface area contributed by atoms with Crippen molar-refractivity contribution in [3.05, 3.63) is 38.8 Å². The summed E-state index contributed by atoms with van der Waals surface area (Å²) in [6, 6.07) is 6.09. The molecule has 0 bridgehead atoms. The minimum absolute atomic E-state index is 1.09. The zero-order valence-corrected chi connectivity index (χ0v) is 9.31. The molecular weight excluding hydrogens is 268 g/mol. The lowest BCUT2D eigenvalue weighted by Gasteiger charge is -1.99. The van der Waals surface area contributed by atoms with E-state index in [0.717, 1.165) is 8.95 Å². The van der Waals surface area contributed by atoms with Crippen LogP contribution in [0, 0.1) is 0 Å². The van der Waals surface area contributed by atoms with Gasteiger partial charge in [0, 0.05) is 8.95 Å². The molecule has 11 heavy (non-hydrogen) atoms. The zero-order valence-electron chi connectivity index (χ0n) is 6.14. The molecular formula is C9H8Br2. The fourth-order valence-corrected chi connectivity index (χ4v) is 1.61. The van der Waals surface area contributed by atoms with Crippen LogP contribution in [0.5, 0.6) is 0 Å². The van der Waals surface area contributed by atoms with Crippen molar-refractivity contribution in [2.24, 2.45) is 0 Å². The van der Waals surface area contributed by atoms with E-state index in [1.807, 2.05) is 25.1 Å². The Hall–Kier alpha value is -0.0800. The van der Waals surface area contributed by atoms with Crippen molar-refractivity contribution in [1.82, 2.24) is 0 Å². The molecule has 0 radical (unpaired) electrons. The van der Waals surface area contributed by atoms with Gasteiger partial charge in [-0.25, -0.2) is 0 Å². The van der Waals surface area contributed by atoms with E-state index in [4.69, 9.17) is 0 Å². The molecule has 0 fully saturated rings. The molecule has 1 aromatic rings. The Balaban J connectivity index is 3.16. The Labute approximate surface area is 83.6 Å². The number of allylic oxidation sites excluding steroid dienone is 1. The van der Waals surface area contributed by atoms with E-state index in [-0.39, 0.29) is 0 Å². The van der Waals surface area contributed by atoms with Gasteiger partial charge in [0.15, 0.2) is 0 Å². The van der Waals surface area contributed by atoms with E-state index in [9.17, 15) is 0 Å². The lowest BCUT2D eigenvalue weighted by molar-refractivity contribution is 1.54. The molecule has 0 atom stereocenters. The number of halogens is 2. The van der Waals surface area contributed by atoms with Crippen LogP contribution in [-0.4, -0.2) is 0 Å². The maximum Gasteiger partial charge on any atom is 0.0389 e. The van der Waals surface area contributed by atoms with E-state index < -0.39 is 0 Å². The highest BCUT2D eigenvalue weighted by atomic mass is 79.9. The topological polar surface area (TPSA) is 0 Å². The Bertz CT molecular complexity index is 277. The van der Waals surface area contributed by atoms with Crippen LogP contribution in [-0.2, 0) is 0 Å². The normalized spacial score (nSPS) is 10.8. The maximum atomic E-state index is 3.48. The van der Waals surface area contributed by atoms with Gasteiger partial charge in [-0.3, -0.25) is 0 Å². The zero-order chi connectivity index (χ0) is 8.27.